The minimum Gasteiger partial charge on any atom is -0.464 e. The SMILES string of the molecule is C=C/C(C)=C\CC/C(C)=C/c1cc(C(=O)NCCCNC(=O)c2coc(/C=C(\C)CC/C=C(/C)C=C)c2)co1. The number of hydrogen-bond donors (Lipinski definition) is 2. The average Bonchev–Trinajstić information content (AvgIpc) is 3.58. The van der Waals surface area contributed by atoms with E-state index in [1.165, 1.54) is 23.7 Å². The van der Waals surface area contributed by atoms with Gasteiger partial charge in [-0.3, -0.25) is 9.59 Å². The van der Waals surface area contributed by atoms with Crippen LogP contribution in [0.2, 0.25) is 0 Å². The molecule has 0 unspecified atom stereocenters. The van der Waals surface area contributed by atoms with Crippen molar-refractivity contribution in [2.75, 3.05) is 13.1 Å². The van der Waals surface area contributed by atoms with Crippen LogP contribution in [0.1, 0.15) is 92.0 Å². The molecule has 0 saturated heterocycles. The van der Waals surface area contributed by atoms with Gasteiger partial charge in [0.15, 0.2) is 0 Å². The van der Waals surface area contributed by atoms with Crippen molar-refractivity contribution in [2.45, 2.75) is 59.8 Å². The topological polar surface area (TPSA) is 84.5 Å². The van der Waals surface area contributed by atoms with Crippen molar-refractivity contribution in [3.63, 3.8) is 0 Å². The van der Waals surface area contributed by atoms with E-state index in [4.69, 9.17) is 8.83 Å². The van der Waals surface area contributed by atoms with Crippen LogP contribution in [0.4, 0.5) is 0 Å². The summed E-state index contributed by atoms with van der Waals surface area (Å²) in [6.07, 6.45) is 19.1. The quantitative estimate of drug-likeness (QED) is 0.170. The molecule has 0 bridgehead atoms. The van der Waals surface area contributed by atoms with E-state index in [0.29, 0.717) is 42.2 Å². The Labute approximate surface area is 232 Å². The minimum absolute atomic E-state index is 0.205. The highest BCUT2D eigenvalue weighted by Crippen LogP contribution is 2.17. The van der Waals surface area contributed by atoms with Crippen LogP contribution in [-0.4, -0.2) is 24.9 Å². The lowest BCUT2D eigenvalue weighted by molar-refractivity contribution is 0.0951. The van der Waals surface area contributed by atoms with Gasteiger partial charge in [-0.15, -0.1) is 0 Å². The number of rotatable bonds is 16. The molecule has 0 spiro atoms. The second-order valence-corrected chi connectivity index (χ2v) is 9.70. The van der Waals surface area contributed by atoms with E-state index < -0.39 is 0 Å². The molecule has 0 saturated carbocycles. The van der Waals surface area contributed by atoms with Crippen LogP contribution in [0.15, 0.2) is 93.2 Å². The van der Waals surface area contributed by atoms with Crippen molar-refractivity contribution in [2.24, 2.45) is 0 Å². The highest BCUT2D eigenvalue weighted by molar-refractivity contribution is 5.95. The van der Waals surface area contributed by atoms with E-state index >= 15 is 0 Å². The van der Waals surface area contributed by atoms with E-state index in [1.807, 2.05) is 52.0 Å². The fourth-order valence-electron chi connectivity index (χ4n) is 3.64. The zero-order chi connectivity index (χ0) is 28.6. The first kappa shape index (κ1) is 31.2. The van der Waals surface area contributed by atoms with Crippen molar-refractivity contribution in [1.82, 2.24) is 10.6 Å². The Bertz CT molecular complexity index is 1150. The molecule has 2 N–H and O–H groups in total. The average molecular weight is 531 g/mol. The van der Waals surface area contributed by atoms with Gasteiger partial charge < -0.3 is 19.5 Å². The Morgan fingerprint density at radius 2 is 1.15 bits per heavy atom. The third-order valence-electron chi connectivity index (χ3n) is 6.12. The molecule has 0 aliphatic carbocycles. The molecule has 0 aromatic carbocycles. The number of allylic oxidation sites excluding steroid dienone is 8. The molecule has 208 valence electrons. The molecule has 2 rings (SSSR count). The third-order valence-corrected chi connectivity index (χ3v) is 6.12. The van der Waals surface area contributed by atoms with Gasteiger partial charge in [-0.05, 0) is 84.1 Å². The number of furan rings is 2. The lowest BCUT2D eigenvalue weighted by atomic mass is 10.1. The number of nitrogens with one attached hydrogen (secondary N) is 2. The molecular formula is C33H42N2O4. The standard InChI is InChI=1S/C33H42N2O4/c1-7-24(3)12-9-14-26(5)18-30-20-28(22-38-30)32(36)34-16-11-17-35-33(37)29-21-31(39-23-29)19-27(6)15-10-13-25(4)8-2/h7-8,12-13,18-23H,1-2,9-11,14-17H2,3-6H3,(H,34,36)(H,35,37)/b24-12-,25-13-,26-18+,27-19+. The number of carbonyl (C=O) groups excluding carboxylic acids is 2. The molecule has 0 aliphatic rings. The maximum Gasteiger partial charge on any atom is 0.254 e. The minimum atomic E-state index is -0.205. The van der Waals surface area contributed by atoms with Crippen molar-refractivity contribution in [3.8, 4) is 0 Å². The summed E-state index contributed by atoms with van der Waals surface area (Å²) < 4.78 is 11.1. The van der Waals surface area contributed by atoms with Crippen LogP contribution in [0.5, 0.6) is 0 Å². The van der Waals surface area contributed by atoms with Crippen LogP contribution in [0, 0.1) is 0 Å². The largest absolute Gasteiger partial charge is 0.464 e. The van der Waals surface area contributed by atoms with Crippen molar-refractivity contribution in [3.05, 3.63) is 107 Å². The van der Waals surface area contributed by atoms with E-state index in [-0.39, 0.29) is 11.8 Å². The maximum absolute atomic E-state index is 12.4. The van der Waals surface area contributed by atoms with E-state index in [0.717, 1.165) is 36.8 Å². The molecule has 2 aromatic heterocycles. The van der Waals surface area contributed by atoms with Crippen LogP contribution < -0.4 is 10.6 Å². The van der Waals surface area contributed by atoms with Gasteiger partial charge in [-0.2, -0.15) is 0 Å². The Morgan fingerprint density at radius 3 is 1.54 bits per heavy atom. The molecule has 6 nitrogen and oxygen atoms in total. The van der Waals surface area contributed by atoms with Gasteiger partial charge in [0.25, 0.3) is 11.8 Å². The lowest BCUT2D eigenvalue weighted by Crippen LogP contribution is -2.29. The molecule has 2 heterocycles. The Kier molecular flexibility index (Phi) is 13.4. The fraction of sp³-hybridized carbons (Fsp3) is 0.333. The van der Waals surface area contributed by atoms with Crippen LogP contribution in [-0.2, 0) is 0 Å². The summed E-state index contributed by atoms with van der Waals surface area (Å²) in [5.74, 6) is 0.893. The monoisotopic (exact) mass is 530 g/mol. The summed E-state index contributed by atoms with van der Waals surface area (Å²) in [6.45, 7) is 16.5. The van der Waals surface area contributed by atoms with Crippen LogP contribution in [0.3, 0.4) is 0 Å². The molecule has 39 heavy (non-hydrogen) atoms. The molecule has 2 amide bonds. The predicted molar refractivity (Wildman–Crippen MR) is 160 cm³/mol. The van der Waals surface area contributed by atoms with Crippen LogP contribution in [0.25, 0.3) is 12.2 Å². The van der Waals surface area contributed by atoms with E-state index in [2.05, 4.69) is 35.9 Å². The van der Waals surface area contributed by atoms with Crippen LogP contribution >= 0.6 is 0 Å². The predicted octanol–water partition coefficient (Wildman–Crippen LogP) is 8.05. The number of amides is 2. The first-order valence-corrected chi connectivity index (χ1v) is 13.4. The van der Waals surface area contributed by atoms with Gasteiger partial charge in [-0.25, -0.2) is 0 Å². The molecule has 0 atom stereocenters. The molecular weight excluding hydrogens is 488 g/mol. The second kappa shape index (κ2) is 16.7. The molecule has 6 heteroatoms. The smallest absolute Gasteiger partial charge is 0.254 e. The van der Waals surface area contributed by atoms with E-state index in [1.54, 1.807) is 12.1 Å². The summed E-state index contributed by atoms with van der Waals surface area (Å²) in [6, 6.07) is 3.47. The van der Waals surface area contributed by atoms with Crippen molar-refractivity contribution in [1.29, 1.82) is 0 Å². The number of carbonyl (C=O) groups is 2. The summed E-state index contributed by atoms with van der Waals surface area (Å²) in [4.78, 5) is 24.9. The first-order chi connectivity index (χ1) is 18.7. The van der Waals surface area contributed by atoms with Gasteiger partial charge in [0.1, 0.15) is 24.0 Å². The highest BCUT2D eigenvalue weighted by Gasteiger charge is 2.11. The summed E-state index contributed by atoms with van der Waals surface area (Å²) in [5.41, 5.74) is 5.60. The van der Waals surface area contributed by atoms with E-state index in [9.17, 15) is 9.59 Å². The normalized spacial score (nSPS) is 12.8. The second-order valence-electron chi connectivity index (χ2n) is 9.70. The highest BCUT2D eigenvalue weighted by atomic mass is 16.3. The van der Waals surface area contributed by atoms with Crippen molar-refractivity contribution >= 4 is 24.0 Å². The molecule has 0 radical (unpaired) electrons. The Morgan fingerprint density at radius 1 is 0.744 bits per heavy atom. The Balaban J connectivity index is 1.71. The third kappa shape index (κ3) is 11.9. The van der Waals surface area contributed by atoms with Gasteiger partial charge >= 0.3 is 0 Å². The summed E-state index contributed by atoms with van der Waals surface area (Å²) in [5, 5.41) is 5.72. The van der Waals surface area contributed by atoms with Gasteiger partial charge in [0.2, 0.25) is 0 Å². The fourth-order valence-corrected chi connectivity index (χ4v) is 3.64. The first-order valence-electron chi connectivity index (χ1n) is 13.4. The van der Waals surface area contributed by atoms with Gasteiger partial charge in [-0.1, -0.05) is 59.8 Å². The molecule has 0 fully saturated rings. The maximum atomic E-state index is 12.4. The van der Waals surface area contributed by atoms with Gasteiger partial charge in [0, 0.05) is 13.1 Å². The molecule has 2 aromatic rings. The summed E-state index contributed by atoms with van der Waals surface area (Å²) in [7, 11) is 0. The zero-order valence-electron chi connectivity index (χ0n) is 23.8. The van der Waals surface area contributed by atoms with Gasteiger partial charge in [0.05, 0.1) is 11.1 Å². The summed E-state index contributed by atoms with van der Waals surface area (Å²) >= 11 is 0. The molecule has 0 aliphatic heterocycles. The zero-order valence-corrected chi connectivity index (χ0v) is 23.8. The van der Waals surface area contributed by atoms with Crippen molar-refractivity contribution < 1.29 is 18.4 Å². The number of hydrogen-bond acceptors (Lipinski definition) is 4. The Hall–Kier alpha value is -4.06. The lowest BCUT2D eigenvalue weighted by Gasteiger charge is -2.05.